The van der Waals surface area contributed by atoms with Gasteiger partial charge in [0, 0.05) is 29.2 Å². The minimum Gasteiger partial charge on any atom is -0.391 e. The van der Waals surface area contributed by atoms with Crippen molar-refractivity contribution < 1.29 is 14.4 Å². The molecular formula is C21H21ClN2O3. The minimum absolute atomic E-state index is 0.0596. The first kappa shape index (κ1) is 19.1. The van der Waals surface area contributed by atoms with E-state index in [1.54, 1.807) is 41.3 Å². The lowest BCUT2D eigenvalue weighted by Crippen LogP contribution is -2.58. The summed E-state index contributed by atoms with van der Waals surface area (Å²) < 4.78 is 0. The summed E-state index contributed by atoms with van der Waals surface area (Å²) in [5, 5.41) is 4.48. The Bertz CT molecular complexity index is 858. The van der Waals surface area contributed by atoms with Gasteiger partial charge < -0.3 is 9.74 Å². The number of oxime groups is 1. The Morgan fingerprint density at radius 2 is 1.85 bits per heavy atom. The molecule has 1 saturated heterocycles. The van der Waals surface area contributed by atoms with Crippen LogP contribution in [-0.4, -0.2) is 24.4 Å². The predicted octanol–water partition coefficient (Wildman–Crippen LogP) is 4.49. The number of hydrogen-bond donors (Lipinski definition) is 0. The maximum Gasteiger partial charge on any atom is 0.234 e. The number of carbonyl (C=O) groups excluding carboxylic acids is 2. The van der Waals surface area contributed by atoms with Gasteiger partial charge in [0.05, 0.1) is 11.6 Å². The molecule has 1 heterocycles. The van der Waals surface area contributed by atoms with Gasteiger partial charge in [-0.1, -0.05) is 28.9 Å². The van der Waals surface area contributed by atoms with Crippen molar-refractivity contribution in [3.05, 3.63) is 64.7 Å². The molecule has 0 saturated carbocycles. The van der Waals surface area contributed by atoms with Crippen molar-refractivity contribution in [2.75, 3.05) is 11.4 Å². The summed E-state index contributed by atoms with van der Waals surface area (Å²) >= 11 is 5.82. The summed E-state index contributed by atoms with van der Waals surface area (Å²) in [5.41, 5.74) is 2.05. The topological polar surface area (TPSA) is 59.0 Å². The van der Waals surface area contributed by atoms with Crippen LogP contribution in [0.15, 0.2) is 53.7 Å². The molecule has 0 unspecified atom stereocenters. The van der Waals surface area contributed by atoms with Gasteiger partial charge in [0.1, 0.15) is 6.61 Å². The van der Waals surface area contributed by atoms with Gasteiger partial charge in [-0.15, -0.1) is 0 Å². The number of hydrogen-bond acceptors (Lipinski definition) is 4. The second kappa shape index (κ2) is 7.92. The number of carbonyl (C=O) groups is 2. The van der Waals surface area contributed by atoms with Gasteiger partial charge in [-0.05, 0) is 55.8 Å². The number of anilines is 1. The summed E-state index contributed by atoms with van der Waals surface area (Å²) in [6.45, 7) is 4.86. The van der Waals surface area contributed by atoms with Crippen LogP contribution in [0.25, 0.3) is 0 Å². The SMILES string of the molecule is CC1(C)CN(c2ccc(C(=O)C/C=N/OCc3ccc(Cl)cc3)cc2)C1=O. The number of nitrogens with zero attached hydrogens (tertiary/aromatic N) is 2. The van der Waals surface area contributed by atoms with Crippen molar-refractivity contribution in [1.29, 1.82) is 0 Å². The van der Waals surface area contributed by atoms with Crippen LogP contribution >= 0.6 is 11.6 Å². The predicted molar refractivity (Wildman–Crippen MR) is 106 cm³/mol. The van der Waals surface area contributed by atoms with Crippen molar-refractivity contribution in [2.45, 2.75) is 26.9 Å². The molecule has 0 atom stereocenters. The van der Waals surface area contributed by atoms with Gasteiger partial charge in [-0.2, -0.15) is 0 Å². The van der Waals surface area contributed by atoms with E-state index in [0.29, 0.717) is 23.7 Å². The zero-order valence-corrected chi connectivity index (χ0v) is 16.1. The van der Waals surface area contributed by atoms with Gasteiger partial charge in [0.15, 0.2) is 5.78 Å². The van der Waals surface area contributed by atoms with Crippen LogP contribution in [-0.2, 0) is 16.2 Å². The zero-order valence-electron chi connectivity index (χ0n) is 15.3. The molecule has 0 spiro atoms. The zero-order chi connectivity index (χ0) is 19.4. The van der Waals surface area contributed by atoms with Crippen molar-refractivity contribution in [1.82, 2.24) is 0 Å². The van der Waals surface area contributed by atoms with Gasteiger partial charge >= 0.3 is 0 Å². The average molecular weight is 385 g/mol. The summed E-state index contributed by atoms with van der Waals surface area (Å²) in [7, 11) is 0. The minimum atomic E-state index is -0.295. The van der Waals surface area contributed by atoms with Crippen molar-refractivity contribution in [3.63, 3.8) is 0 Å². The molecule has 0 aromatic heterocycles. The highest BCUT2D eigenvalue weighted by Gasteiger charge is 2.44. The third-order valence-corrected chi connectivity index (χ3v) is 4.70. The molecule has 2 aromatic rings. The third-order valence-electron chi connectivity index (χ3n) is 4.45. The molecule has 1 aliphatic heterocycles. The highest BCUT2D eigenvalue weighted by Crippen LogP contribution is 2.35. The Balaban J connectivity index is 1.47. The molecule has 0 bridgehead atoms. The number of amides is 1. The van der Waals surface area contributed by atoms with Gasteiger partial charge in [-0.25, -0.2) is 0 Å². The summed E-state index contributed by atoms with van der Waals surface area (Å²) in [6.07, 6.45) is 1.60. The van der Waals surface area contributed by atoms with E-state index >= 15 is 0 Å². The smallest absolute Gasteiger partial charge is 0.234 e. The Hall–Kier alpha value is -2.66. The monoisotopic (exact) mass is 384 g/mol. The fraction of sp³-hybridized carbons (Fsp3) is 0.286. The summed E-state index contributed by atoms with van der Waals surface area (Å²) in [6, 6.07) is 14.3. The highest BCUT2D eigenvalue weighted by molar-refractivity contribution is 6.30. The van der Waals surface area contributed by atoms with Crippen LogP contribution in [0.3, 0.4) is 0 Å². The Labute approximate surface area is 163 Å². The molecule has 6 heteroatoms. The van der Waals surface area contributed by atoms with Crippen LogP contribution < -0.4 is 4.90 Å². The van der Waals surface area contributed by atoms with E-state index in [2.05, 4.69) is 5.16 Å². The Kier molecular flexibility index (Phi) is 5.61. The quantitative estimate of drug-likeness (QED) is 0.306. The number of β-lactam (4-membered cyclic amide) rings is 1. The summed E-state index contributed by atoms with van der Waals surface area (Å²) in [4.78, 5) is 31.2. The number of rotatable bonds is 7. The molecule has 0 N–H and O–H groups in total. The van der Waals surface area contributed by atoms with E-state index in [0.717, 1.165) is 11.3 Å². The summed E-state index contributed by atoms with van der Waals surface area (Å²) in [5.74, 6) is 0.0437. The third kappa shape index (κ3) is 4.55. The fourth-order valence-corrected chi connectivity index (χ4v) is 2.95. The number of benzene rings is 2. The van der Waals surface area contributed by atoms with E-state index in [1.165, 1.54) is 6.21 Å². The number of halogens is 1. The van der Waals surface area contributed by atoms with E-state index in [1.807, 2.05) is 26.0 Å². The Morgan fingerprint density at radius 3 is 2.44 bits per heavy atom. The molecule has 0 radical (unpaired) electrons. The second-order valence-corrected chi connectivity index (χ2v) is 7.57. The van der Waals surface area contributed by atoms with Crippen LogP contribution in [0, 0.1) is 5.41 Å². The van der Waals surface area contributed by atoms with Gasteiger partial charge in [0.2, 0.25) is 5.91 Å². The average Bonchev–Trinajstić information content (AvgIpc) is 2.67. The normalized spacial score (nSPS) is 15.7. The molecular weight excluding hydrogens is 364 g/mol. The largest absolute Gasteiger partial charge is 0.391 e. The van der Waals surface area contributed by atoms with Crippen LogP contribution in [0.2, 0.25) is 5.02 Å². The molecule has 140 valence electrons. The first-order valence-electron chi connectivity index (χ1n) is 8.70. The first-order chi connectivity index (χ1) is 12.9. The number of Topliss-reactive ketones (excluding diaryl/α,β-unsaturated/α-hetero) is 1. The lowest BCUT2D eigenvalue weighted by molar-refractivity contribution is -0.132. The molecule has 27 heavy (non-hydrogen) atoms. The van der Waals surface area contributed by atoms with Crippen LogP contribution in [0.5, 0.6) is 0 Å². The van der Waals surface area contributed by atoms with Crippen LogP contribution in [0.1, 0.15) is 36.2 Å². The first-order valence-corrected chi connectivity index (χ1v) is 9.08. The van der Waals surface area contributed by atoms with E-state index < -0.39 is 0 Å². The number of ketones is 1. The van der Waals surface area contributed by atoms with Gasteiger partial charge in [-0.3, -0.25) is 9.59 Å². The molecule has 1 aliphatic rings. The fourth-order valence-electron chi connectivity index (χ4n) is 2.83. The highest BCUT2D eigenvalue weighted by atomic mass is 35.5. The van der Waals surface area contributed by atoms with Crippen molar-refractivity contribution in [3.8, 4) is 0 Å². The van der Waals surface area contributed by atoms with E-state index in [-0.39, 0.29) is 23.5 Å². The second-order valence-electron chi connectivity index (χ2n) is 7.14. The lowest BCUT2D eigenvalue weighted by atomic mass is 9.82. The van der Waals surface area contributed by atoms with E-state index in [9.17, 15) is 9.59 Å². The molecule has 1 fully saturated rings. The molecule has 0 aliphatic carbocycles. The maximum absolute atomic E-state index is 12.2. The Morgan fingerprint density at radius 1 is 1.19 bits per heavy atom. The van der Waals surface area contributed by atoms with Crippen molar-refractivity contribution >= 4 is 35.2 Å². The van der Waals surface area contributed by atoms with E-state index in [4.69, 9.17) is 16.4 Å². The molecule has 3 rings (SSSR count). The lowest BCUT2D eigenvalue weighted by Gasteiger charge is -2.44. The van der Waals surface area contributed by atoms with Crippen molar-refractivity contribution in [2.24, 2.45) is 10.6 Å². The maximum atomic E-state index is 12.2. The molecule has 1 amide bonds. The van der Waals surface area contributed by atoms with Gasteiger partial charge in [0.25, 0.3) is 0 Å². The standard InChI is InChI=1S/C21H21ClN2O3/c1-21(2)14-24(20(21)26)18-9-5-16(6-10-18)19(25)11-12-23-27-13-15-3-7-17(22)8-4-15/h3-10,12H,11,13-14H2,1-2H3/b23-12+. The molecule has 5 nitrogen and oxygen atoms in total. The van der Waals surface area contributed by atoms with Crippen LogP contribution in [0.4, 0.5) is 5.69 Å². The molecule has 2 aromatic carbocycles.